The fourth-order valence-electron chi connectivity index (χ4n) is 1.51. The van der Waals surface area contributed by atoms with Gasteiger partial charge in [0.05, 0.1) is 18.3 Å². The fourth-order valence-corrected chi connectivity index (χ4v) is 1.51. The number of carboxylic acid groups (broad SMARTS) is 1. The lowest BCUT2D eigenvalue weighted by molar-refractivity contribution is -0.121. The van der Waals surface area contributed by atoms with E-state index in [2.05, 4.69) is 15.5 Å². The highest BCUT2D eigenvalue weighted by atomic mass is 16.4. The molecule has 0 aliphatic carbocycles. The Bertz CT molecular complexity index is 561. The quantitative estimate of drug-likeness (QED) is 0.738. The van der Waals surface area contributed by atoms with Crippen molar-refractivity contribution < 1.29 is 14.7 Å². The van der Waals surface area contributed by atoms with Crippen molar-refractivity contribution >= 4 is 11.9 Å². The van der Waals surface area contributed by atoms with Crippen LogP contribution in [0.2, 0.25) is 0 Å². The number of aromatic carboxylic acids is 1. The summed E-state index contributed by atoms with van der Waals surface area (Å²) in [6, 6.07) is 1.80. The zero-order valence-corrected chi connectivity index (χ0v) is 10.1. The van der Waals surface area contributed by atoms with Gasteiger partial charge in [0.15, 0.2) is 0 Å². The van der Waals surface area contributed by atoms with Crippen LogP contribution in [-0.2, 0) is 17.9 Å². The van der Waals surface area contributed by atoms with E-state index in [1.807, 2.05) is 0 Å². The Kier molecular flexibility index (Phi) is 3.91. The molecule has 19 heavy (non-hydrogen) atoms. The Morgan fingerprint density at radius 3 is 2.79 bits per heavy atom. The first-order valence-corrected chi connectivity index (χ1v) is 5.65. The summed E-state index contributed by atoms with van der Waals surface area (Å²) in [4.78, 5) is 22.2. The minimum absolute atomic E-state index is 0.00755. The molecule has 1 amide bonds. The molecular weight excluding hydrogens is 250 g/mol. The Morgan fingerprint density at radius 1 is 1.32 bits per heavy atom. The van der Waals surface area contributed by atoms with Crippen LogP contribution in [0.1, 0.15) is 10.4 Å². The van der Waals surface area contributed by atoms with Crippen LogP contribution in [0.25, 0.3) is 0 Å². The van der Waals surface area contributed by atoms with Gasteiger partial charge in [0, 0.05) is 25.1 Å². The minimum Gasteiger partial charge on any atom is -0.478 e. The topological polar surface area (TPSA) is 102 Å². The summed E-state index contributed by atoms with van der Waals surface area (Å²) < 4.78 is 2.99. The molecule has 0 aliphatic rings. The highest BCUT2D eigenvalue weighted by Crippen LogP contribution is 1.96. The van der Waals surface area contributed by atoms with Gasteiger partial charge in [-0.2, -0.15) is 10.2 Å². The van der Waals surface area contributed by atoms with Crippen LogP contribution >= 0.6 is 0 Å². The zero-order valence-electron chi connectivity index (χ0n) is 10.1. The molecule has 100 valence electrons. The Balaban J connectivity index is 1.75. The molecular formula is C11H13N5O3. The van der Waals surface area contributed by atoms with E-state index in [4.69, 9.17) is 5.11 Å². The Hall–Kier alpha value is -2.64. The van der Waals surface area contributed by atoms with Gasteiger partial charge in [0.25, 0.3) is 0 Å². The summed E-state index contributed by atoms with van der Waals surface area (Å²) in [7, 11) is 0. The average Bonchev–Trinajstić information content (AvgIpc) is 3.00. The van der Waals surface area contributed by atoms with Crippen molar-refractivity contribution in [2.45, 2.75) is 13.1 Å². The van der Waals surface area contributed by atoms with E-state index >= 15 is 0 Å². The lowest BCUT2D eigenvalue weighted by Crippen LogP contribution is -2.30. The average molecular weight is 263 g/mol. The number of nitrogens with one attached hydrogen (secondary N) is 1. The molecule has 0 radical (unpaired) electrons. The van der Waals surface area contributed by atoms with E-state index in [1.165, 1.54) is 17.1 Å². The summed E-state index contributed by atoms with van der Waals surface area (Å²) >= 11 is 0. The number of rotatable bonds is 6. The van der Waals surface area contributed by atoms with E-state index in [1.54, 1.807) is 23.1 Å². The Labute approximate surface area is 108 Å². The van der Waals surface area contributed by atoms with Crippen LogP contribution in [0.5, 0.6) is 0 Å². The summed E-state index contributed by atoms with van der Waals surface area (Å²) in [6.07, 6.45) is 5.99. The maximum atomic E-state index is 11.6. The molecule has 0 bridgehead atoms. The van der Waals surface area contributed by atoms with Gasteiger partial charge >= 0.3 is 5.97 Å². The fraction of sp³-hybridized carbons (Fsp3) is 0.273. The number of carbonyl (C=O) groups excluding carboxylic acids is 1. The maximum Gasteiger partial charge on any atom is 0.338 e. The van der Waals surface area contributed by atoms with Crippen LogP contribution in [0.3, 0.4) is 0 Å². The van der Waals surface area contributed by atoms with Gasteiger partial charge in [-0.05, 0) is 6.07 Å². The van der Waals surface area contributed by atoms with Crippen LogP contribution in [-0.4, -0.2) is 43.1 Å². The minimum atomic E-state index is -1.06. The summed E-state index contributed by atoms with van der Waals surface area (Å²) in [5, 5.41) is 19.2. The normalized spacial score (nSPS) is 10.3. The van der Waals surface area contributed by atoms with Crippen molar-refractivity contribution in [3.63, 3.8) is 0 Å². The van der Waals surface area contributed by atoms with E-state index in [-0.39, 0.29) is 18.0 Å². The van der Waals surface area contributed by atoms with E-state index in [9.17, 15) is 9.59 Å². The standard InChI is InChI=1S/C11H13N5O3/c17-10(12-3-5-15-4-1-2-13-15)8-16-7-9(6-14-16)11(18)19/h1-2,4,6-7H,3,5,8H2,(H,12,17)(H,18,19). The number of carbonyl (C=O) groups is 2. The van der Waals surface area contributed by atoms with E-state index < -0.39 is 5.97 Å². The van der Waals surface area contributed by atoms with Gasteiger partial charge in [-0.25, -0.2) is 4.79 Å². The van der Waals surface area contributed by atoms with Crippen LogP contribution in [0.15, 0.2) is 30.9 Å². The molecule has 0 aromatic carbocycles. The third kappa shape index (κ3) is 3.66. The molecule has 0 saturated heterocycles. The van der Waals surface area contributed by atoms with Crippen LogP contribution < -0.4 is 5.32 Å². The highest BCUT2D eigenvalue weighted by molar-refractivity contribution is 5.87. The number of amides is 1. The highest BCUT2D eigenvalue weighted by Gasteiger charge is 2.08. The van der Waals surface area contributed by atoms with Crippen molar-refractivity contribution in [2.24, 2.45) is 0 Å². The molecule has 0 atom stereocenters. The van der Waals surface area contributed by atoms with Crippen molar-refractivity contribution in [1.82, 2.24) is 24.9 Å². The molecule has 8 heteroatoms. The number of nitrogens with zero attached hydrogens (tertiary/aromatic N) is 4. The molecule has 2 aromatic rings. The number of carboxylic acids is 1. The second-order valence-corrected chi connectivity index (χ2v) is 3.85. The maximum absolute atomic E-state index is 11.6. The molecule has 0 fully saturated rings. The summed E-state index contributed by atoms with van der Waals surface area (Å²) in [6.45, 7) is 1.03. The van der Waals surface area contributed by atoms with Gasteiger partial charge < -0.3 is 10.4 Å². The van der Waals surface area contributed by atoms with Crippen LogP contribution in [0, 0.1) is 0 Å². The Morgan fingerprint density at radius 2 is 2.16 bits per heavy atom. The number of hydrogen-bond donors (Lipinski definition) is 2. The molecule has 2 heterocycles. The van der Waals surface area contributed by atoms with Crippen molar-refractivity contribution in [2.75, 3.05) is 6.54 Å². The second-order valence-electron chi connectivity index (χ2n) is 3.85. The van der Waals surface area contributed by atoms with Crippen molar-refractivity contribution in [1.29, 1.82) is 0 Å². The molecule has 2 N–H and O–H groups in total. The van der Waals surface area contributed by atoms with Crippen molar-refractivity contribution in [3.8, 4) is 0 Å². The molecule has 0 unspecified atom stereocenters. The summed E-state index contributed by atoms with van der Waals surface area (Å²) in [5.74, 6) is -1.29. The SMILES string of the molecule is O=C(Cn1cc(C(=O)O)cn1)NCCn1cccn1. The second kappa shape index (κ2) is 5.80. The molecule has 8 nitrogen and oxygen atoms in total. The first kappa shape index (κ1) is 12.8. The summed E-state index contributed by atoms with van der Waals surface area (Å²) in [5.41, 5.74) is 0.0596. The van der Waals surface area contributed by atoms with Gasteiger partial charge in [-0.3, -0.25) is 14.2 Å². The zero-order chi connectivity index (χ0) is 13.7. The molecule has 0 spiro atoms. The lowest BCUT2D eigenvalue weighted by Gasteiger charge is -2.05. The lowest BCUT2D eigenvalue weighted by atomic mass is 10.4. The van der Waals surface area contributed by atoms with Gasteiger partial charge in [0.2, 0.25) is 5.91 Å². The largest absolute Gasteiger partial charge is 0.478 e. The van der Waals surface area contributed by atoms with E-state index in [0.29, 0.717) is 13.1 Å². The van der Waals surface area contributed by atoms with Crippen LogP contribution in [0.4, 0.5) is 0 Å². The van der Waals surface area contributed by atoms with Gasteiger partial charge in [-0.1, -0.05) is 0 Å². The molecule has 2 rings (SSSR count). The first-order valence-electron chi connectivity index (χ1n) is 5.65. The molecule has 2 aromatic heterocycles. The predicted molar refractivity (Wildman–Crippen MR) is 64.4 cm³/mol. The predicted octanol–water partition coefficient (Wildman–Crippen LogP) is -0.406. The molecule has 0 saturated carbocycles. The monoisotopic (exact) mass is 263 g/mol. The number of hydrogen-bond acceptors (Lipinski definition) is 4. The third-order valence-corrected chi connectivity index (χ3v) is 2.41. The van der Waals surface area contributed by atoms with Gasteiger partial charge in [-0.15, -0.1) is 0 Å². The van der Waals surface area contributed by atoms with E-state index in [0.717, 1.165) is 0 Å². The van der Waals surface area contributed by atoms with Gasteiger partial charge in [0.1, 0.15) is 6.54 Å². The first-order chi connectivity index (χ1) is 9.15. The molecule has 0 aliphatic heterocycles. The van der Waals surface area contributed by atoms with Crippen molar-refractivity contribution in [3.05, 3.63) is 36.4 Å². The third-order valence-electron chi connectivity index (χ3n) is 2.41. The smallest absolute Gasteiger partial charge is 0.338 e. The number of aromatic nitrogens is 4.